The maximum atomic E-state index is 10.5. The average Bonchev–Trinajstić information content (AvgIpc) is 1.83. The Morgan fingerprint density at radius 1 is 1.56 bits per heavy atom. The van der Waals surface area contributed by atoms with Gasteiger partial charge in [0.05, 0.1) is 11.2 Å². The van der Waals surface area contributed by atoms with Gasteiger partial charge in [-0.3, -0.25) is 4.79 Å². The highest BCUT2D eigenvalue weighted by Gasteiger charge is 1.99. The number of aromatic amines is 1. The van der Waals surface area contributed by atoms with Gasteiger partial charge in [-0.2, -0.15) is 5.10 Å². The van der Waals surface area contributed by atoms with Gasteiger partial charge in [0.25, 0.3) is 5.56 Å². The van der Waals surface area contributed by atoms with E-state index < -0.39 is 5.56 Å². The van der Waals surface area contributed by atoms with E-state index in [0.717, 1.165) is 0 Å². The van der Waals surface area contributed by atoms with E-state index in [0.29, 0.717) is 0 Å². The second-order valence-corrected chi connectivity index (χ2v) is 2.15. The van der Waals surface area contributed by atoms with Crippen molar-refractivity contribution in [2.45, 2.75) is 0 Å². The third-order valence-corrected chi connectivity index (χ3v) is 1.51. The van der Waals surface area contributed by atoms with Crippen molar-refractivity contribution in [1.82, 2.24) is 10.2 Å². The predicted molar refractivity (Wildman–Crippen MR) is 34.9 cm³/mol. The molecule has 1 rings (SSSR count). The molecule has 9 heavy (non-hydrogen) atoms. The quantitative estimate of drug-likeness (QED) is 0.628. The zero-order valence-corrected chi connectivity index (χ0v) is 5.70. The van der Waals surface area contributed by atoms with E-state index in [1.165, 1.54) is 6.20 Å². The van der Waals surface area contributed by atoms with E-state index in [1.807, 2.05) is 0 Å². The van der Waals surface area contributed by atoms with Crippen LogP contribution in [0.3, 0.4) is 0 Å². The van der Waals surface area contributed by atoms with Gasteiger partial charge in [0.1, 0.15) is 5.02 Å². The summed E-state index contributed by atoms with van der Waals surface area (Å²) in [5.41, 5.74) is -0.468. The lowest BCUT2D eigenvalue weighted by molar-refractivity contribution is 0.989. The molecule has 48 valence electrons. The minimum absolute atomic E-state index is 0.0216. The molecule has 1 aromatic heterocycles. The molecule has 0 saturated carbocycles. The van der Waals surface area contributed by atoms with Crippen molar-refractivity contribution in [3.63, 3.8) is 0 Å². The van der Waals surface area contributed by atoms with E-state index in [9.17, 15) is 4.79 Å². The average molecular weight is 167 g/mol. The van der Waals surface area contributed by atoms with Gasteiger partial charge in [0.15, 0.2) is 0 Å². The van der Waals surface area contributed by atoms with Gasteiger partial charge in [-0.05, 0) is 0 Å². The predicted octanol–water partition coefficient (Wildman–Crippen LogP) is 1.08. The molecule has 0 aromatic carbocycles. The number of halogens is 2. The molecule has 0 bridgehead atoms. The summed E-state index contributed by atoms with van der Waals surface area (Å²) in [6, 6.07) is 0. The molecule has 3 nitrogen and oxygen atoms in total. The normalized spacial score (nSPS) is 9.56. The summed E-state index contributed by atoms with van der Waals surface area (Å²) in [6.07, 6.45) is 1.27. The van der Waals surface area contributed by atoms with E-state index >= 15 is 0 Å². The van der Waals surface area contributed by atoms with Crippen LogP contribution in [-0.2, 0) is 0 Å². The fourth-order valence-electron chi connectivity index (χ4n) is 0.362. The number of aromatic nitrogens is 2. The standard InChI is InChI=1S/C4H2Cl2N2O/c5-2-1-7-8-4(9)3(2)6/h1H,(H,8,9)/i7+1,8+1. The van der Waals surface area contributed by atoms with Crippen LogP contribution >= 0.6 is 23.2 Å². The fraction of sp³-hybridized carbons (Fsp3) is 0. The van der Waals surface area contributed by atoms with Crippen molar-refractivity contribution in [2.24, 2.45) is 0 Å². The largest absolute Gasteiger partial charge is 0.284 e. The molecule has 0 radical (unpaired) electrons. The van der Waals surface area contributed by atoms with Crippen molar-refractivity contribution < 1.29 is 0 Å². The molecule has 0 aliphatic heterocycles. The maximum absolute atomic E-state index is 10.5. The topological polar surface area (TPSA) is 45.8 Å². The van der Waals surface area contributed by atoms with Crippen molar-refractivity contribution >= 4 is 23.2 Å². The molecule has 0 atom stereocenters. The molecule has 1 N–H and O–H groups in total. The van der Waals surface area contributed by atoms with E-state index in [1.54, 1.807) is 0 Å². The minimum atomic E-state index is -0.468. The van der Waals surface area contributed by atoms with E-state index in [-0.39, 0.29) is 10.0 Å². The number of H-pyrrole nitrogens is 1. The monoisotopic (exact) mass is 166 g/mol. The summed E-state index contributed by atoms with van der Waals surface area (Å²) in [5, 5.41) is 5.65. The molecule has 0 aliphatic carbocycles. The Morgan fingerprint density at radius 3 is 2.67 bits per heavy atom. The van der Waals surface area contributed by atoms with Gasteiger partial charge < -0.3 is 0 Å². The van der Waals surface area contributed by atoms with Crippen LogP contribution in [0.25, 0.3) is 0 Å². The van der Waals surface area contributed by atoms with Crippen LogP contribution in [0.2, 0.25) is 10.0 Å². The Hall–Kier alpha value is -0.540. The zero-order chi connectivity index (χ0) is 6.85. The lowest BCUT2D eigenvalue weighted by Gasteiger charge is -1.87. The van der Waals surface area contributed by atoms with E-state index in [2.05, 4.69) is 10.2 Å². The lowest BCUT2D eigenvalue weighted by atomic mass is 10.6. The Kier molecular flexibility index (Phi) is 1.73. The Balaban J connectivity index is 3.43. The highest BCUT2D eigenvalue weighted by molar-refractivity contribution is 6.41. The maximum Gasteiger partial charge on any atom is 0.284 e. The molecule has 0 aliphatic rings. The smallest absolute Gasteiger partial charge is 0.266 e. The first-order valence-corrected chi connectivity index (χ1v) is 2.86. The van der Waals surface area contributed by atoms with Gasteiger partial charge in [0.2, 0.25) is 0 Å². The molecule has 1 aromatic rings. The highest BCUT2D eigenvalue weighted by atomic mass is 35.5. The molecule has 0 amide bonds. The van der Waals surface area contributed by atoms with E-state index in [4.69, 9.17) is 23.2 Å². The minimum Gasteiger partial charge on any atom is -0.266 e. The second-order valence-electron chi connectivity index (χ2n) is 1.36. The van der Waals surface area contributed by atoms with Crippen molar-refractivity contribution in [2.75, 3.05) is 0 Å². The zero-order valence-electron chi connectivity index (χ0n) is 4.19. The first-order valence-electron chi connectivity index (χ1n) is 2.10. The SMILES string of the molecule is O=c1[15nH][15n]cc(Cl)c1Cl. The molecule has 0 spiro atoms. The number of nitrogens with one attached hydrogen (secondary N) is 1. The second kappa shape index (κ2) is 2.37. The lowest BCUT2D eigenvalue weighted by Crippen LogP contribution is -2.07. The van der Waals surface area contributed by atoms with Crippen LogP contribution in [0.1, 0.15) is 0 Å². The van der Waals surface area contributed by atoms with Crippen LogP contribution < -0.4 is 5.56 Å². The van der Waals surface area contributed by atoms with Gasteiger partial charge in [-0.25, -0.2) is 5.10 Å². The van der Waals surface area contributed by atoms with Gasteiger partial charge in [-0.15, -0.1) is 0 Å². The Labute approximate surface area is 60.6 Å². The number of nitrogens with zero attached hydrogens (tertiary/aromatic N) is 1. The number of hydrogen-bond acceptors (Lipinski definition) is 2. The summed E-state index contributed by atoms with van der Waals surface area (Å²) in [6.45, 7) is 0. The van der Waals surface area contributed by atoms with Crippen molar-refractivity contribution in [3.8, 4) is 0 Å². The van der Waals surface area contributed by atoms with Crippen LogP contribution in [0.4, 0.5) is 0 Å². The summed E-state index contributed by atoms with van der Waals surface area (Å²) < 4.78 is 0. The summed E-state index contributed by atoms with van der Waals surface area (Å²) in [5.74, 6) is 0. The van der Waals surface area contributed by atoms with Crippen LogP contribution in [-0.4, -0.2) is 10.2 Å². The molecular weight excluding hydrogens is 165 g/mol. The van der Waals surface area contributed by atoms with Crippen molar-refractivity contribution in [1.29, 1.82) is 0 Å². The summed E-state index contributed by atoms with van der Waals surface area (Å²) in [4.78, 5) is 10.5. The summed E-state index contributed by atoms with van der Waals surface area (Å²) >= 11 is 10.8. The molecule has 1 heterocycles. The molecular formula is C4H2Cl2N2O. The highest BCUT2D eigenvalue weighted by Crippen LogP contribution is 2.13. The van der Waals surface area contributed by atoms with Crippen LogP contribution in [0.15, 0.2) is 11.0 Å². The third-order valence-electron chi connectivity index (χ3n) is 0.753. The van der Waals surface area contributed by atoms with Gasteiger partial charge in [0, 0.05) is 0 Å². The Bertz CT molecular complexity index is 270. The van der Waals surface area contributed by atoms with Gasteiger partial charge >= 0.3 is 0 Å². The molecule has 0 unspecified atom stereocenters. The first kappa shape index (κ1) is 6.58. The first-order chi connectivity index (χ1) is 4.22. The number of hydrogen-bond donors (Lipinski definition) is 1. The summed E-state index contributed by atoms with van der Waals surface area (Å²) in [7, 11) is 0. The Morgan fingerprint density at radius 2 is 2.22 bits per heavy atom. The van der Waals surface area contributed by atoms with Crippen LogP contribution in [0.5, 0.6) is 0 Å². The molecule has 0 fully saturated rings. The van der Waals surface area contributed by atoms with Crippen LogP contribution in [0, 0.1) is 0 Å². The van der Waals surface area contributed by atoms with Crippen molar-refractivity contribution in [3.05, 3.63) is 26.6 Å². The molecule has 0 saturated heterocycles. The third kappa shape index (κ3) is 1.23. The fourth-order valence-corrected chi connectivity index (χ4v) is 0.587. The molecule has 5 heteroatoms. The van der Waals surface area contributed by atoms with Gasteiger partial charge in [-0.1, -0.05) is 23.2 Å². The number of rotatable bonds is 0.